The van der Waals surface area contributed by atoms with Crippen LogP contribution in [0.2, 0.25) is 5.02 Å². The Morgan fingerprint density at radius 3 is 2.31 bits per heavy atom. The van der Waals surface area contributed by atoms with Crippen molar-refractivity contribution in [3.05, 3.63) is 76.2 Å². The molecule has 5 rings (SSSR count). The van der Waals surface area contributed by atoms with E-state index in [1.807, 2.05) is 71.3 Å². The fraction of sp³-hybridized carbons (Fsp3) is 0.0455. The molecule has 0 aliphatic carbocycles. The Hall–Kier alpha value is -2.96. The molecule has 0 atom stereocenters. The second-order valence-corrected chi connectivity index (χ2v) is 7.78. The molecule has 0 fully saturated rings. The van der Waals surface area contributed by atoms with Crippen molar-refractivity contribution >= 4 is 49.9 Å². The first kappa shape index (κ1) is 18.1. The zero-order chi connectivity index (χ0) is 20.0. The van der Waals surface area contributed by atoms with Crippen molar-refractivity contribution in [2.24, 2.45) is 0 Å². The van der Waals surface area contributed by atoms with Crippen LogP contribution in [0.4, 0.5) is 0 Å². The highest BCUT2D eigenvalue weighted by Crippen LogP contribution is 2.33. The van der Waals surface area contributed by atoms with Gasteiger partial charge in [-0.25, -0.2) is 15.0 Å². The third-order valence-corrected chi connectivity index (χ3v) is 5.46. The highest BCUT2D eigenvalue weighted by molar-refractivity contribution is 9.10. The van der Waals surface area contributed by atoms with Gasteiger partial charge in [0.1, 0.15) is 11.6 Å². The molecule has 2 heterocycles. The van der Waals surface area contributed by atoms with Gasteiger partial charge in [-0.15, -0.1) is 0 Å². The molecule has 0 N–H and O–H groups in total. The number of imidazole rings is 1. The van der Waals surface area contributed by atoms with Gasteiger partial charge in [0.25, 0.3) is 0 Å². The van der Waals surface area contributed by atoms with E-state index < -0.39 is 0 Å². The van der Waals surface area contributed by atoms with Gasteiger partial charge in [0.15, 0.2) is 11.3 Å². The van der Waals surface area contributed by atoms with Gasteiger partial charge in [0.2, 0.25) is 0 Å². The lowest BCUT2D eigenvalue weighted by molar-refractivity contribution is 0.415. The molecule has 5 aromatic rings. The van der Waals surface area contributed by atoms with Gasteiger partial charge in [0.05, 0.1) is 28.9 Å². The molecule has 0 amide bonds. The molecule has 29 heavy (non-hydrogen) atoms. The van der Waals surface area contributed by atoms with Gasteiger partial charge in [-0.3, -0.25) is 4.57 Å². The maximum atomic E-state index is 6.60. The zero-order valence-electron chi connectivity index (χ0n) is 15.3. The number of ether oxygens (including phenoxy) is 1. The largest absolute Gasteiger partial charge is 0.497 e. The molecule has 5 nitrogen and oxygen atoms in total. The van der Waals surface area contributed by atoms with Gasteiger partial charge in [-0.1, -0.05) is 39.7 Å². The summed E-state index contributed by atoms with van der Waals surface area (Å²) in [5.41, 5.74) is 4.51. The van der Waals surface area contributed by atoms with Crippen molar-refractivity contribution in [3.63, 3.8) is 0 Å². The van der Waals surface area contributed by atoms with Gasteiger partial charge >= 0.3 is 0 Å². The minimum Gasteiger partial charge on any atom is -0.497 e. The number of rotatable bonds is 3. The van der Waals surface area contributed by atoms with Crippen LogP contribution in [0.15, 0.2) is 71.2 Å². The predicted octanol–water partition coefficient (Wildman–Crippen LogP) is 6.06. The van der Waals surface area contributed by atoms with Crippen LogP contribution >= 0.6 is 27.5 Å². The number of hydrogen-bond donors (Lipinski definition) is 0. The number of para-hydroxylation sites is 2. The van der Waals surface area contributed by atoms with Crippen LogP contribution in [0, 0.1) is 0 Å². The van der Waals surface area contributed by atoms with Crippen molar-refractivity contribution in [2.45, 2.75) is 0 Å². The minimum absolute atomic E-state index is 0.563. The molecule has 0 bridgehead atoms. The predicted molar refractivity (Wildman–Crippen MR) is 119 cm³/mol. The third-order valence-electron chi connectivity index (χ3n) is 4.67. The lowest BCUT2D eigenvalue weighted by atomic mass is 10.2. The maximum absolute atomic E-state index is 6.60. The average Bonchev–Trinajstić information content (AvgIpc) is 3.10. The second kappa shape index (κ2) is 7.13. The lowest BCUT2D eigenvalue weighted by Gasteiger charge is -2.11. The Kier molecular flexibility index (Phi) is 4.45. The van der Waals surface area contributed by atoms with E-state index in [1.165, 1.54) is 0 Å². The molecule has 7 heteroatoms. The van der Waals surface area contributed by atoms with Crippen molar-refractivity contribution < 1.29 is 4.74 Å². The van der Waals surface area contributed by atoms with Crippen LogP contribution in [0.25, 0.3) is 39.4 Å². The summed E-state index contributed by atoms with van der Waals surface area (Å²) in [6, 6.07) is 21.2. The first-order chi connectivity index (χ1) is 14.1. The first-order valence-electron chi connectivity index (χ1n) is 8.89. The second-order valence-electron chi connectivity index (χ2n) is 6.45. The molecular weight excluding hydrogens is 452 g/mol. The molecular formula is C22H14BrClN4O. The maximum Gasteiger partial charge on any atom is 0.199 e. The van der Waals surface area contributed by atoms with Crippen LogP contribution < -0.4 is 4.74 Å². The average molecular weight is 466 g/mol. The van der Waals surface area contributed by atoms with Gasteiger partial charge < -0.3 is 4.74 Å². The molecule has 0 radical (unpaired) electrons. The number of fused-ring (bicyclic) bond motifs is 2. The lowest BCUT2D eigenvalue weighted by Crippen LogP contribution is -2.00. The van der Waals surface area contributed by atoms with E-state index in [-0.39, 0.29) is 0 Å². The molecule has 2 aromatic heterocycles. The summed E-state index contributed by atoms with van der Waals surface area (Å²) in [5.74, 6) is 1.49. The Bertz CT molecular complexity index is 1370. The molecule has 3 aromatic carbocycles. The summed E-state index contributed by atoms with van der Waals surface area (Å²) < 4.78 is 8.14. The standard InChI is InChI=1S/C22H14BrClN4O/c1-29-15-9-6-13(7-10-15)21-27-20-22(26-18-5-3-2-4-17(18)25-20)28(21)19-11-8-14(23)12-16(19)24/h2-12H,1H3. The molecule has 0 saturated carbocycles. The van der Waals surface area contributed by atoms with Crippen LogP contribution in [-0.2, 0) is 0 Å². The van der Waals surface area contributed by atoms with Crippen molar-refractivity contribution in [1.82, 2.24) is 19.5 Å². The summed E-state index contributed by atoms with van der Waals surface area (Å²) in [4.78, 5) is 14.4. The monoisotopic (exact) mass is 464 g/mol. The van der Waals surface area contributed by atoms with Crippen LogP contribution in [0.3, 0.4) is 0 Å². The zero-order valence-corrected chi connectivity index (χ0v) is 17.6. The fourth-order valence-electron chi connectivity index (χ4n) is 3.28. The molecule has 0 saturated heterocycles. The summed E-state index contributed by atoms with van der Waals surface area (Å²) in [5, 5.41) is 0.586. The molecule has 0 aliphatic rings. The number of benzene rings is 3. The fourth-order valence-corrected chi connectivity index (χ4v) is 4.04. The van der Waals surface area contributed by atoms with E-state index in [1.54, 1.807) is 7.11 Å². The van der Waals surface area contributed by atoms with Crippen molar-refractivity contribution in [3.8, 4) is 22.8 Å². The number of halogens is 2. The van der Waals surface area contributed by atoms with Gasteiger partial charge in [-0.2, -0.15) is 0 Å². The van der Waals surface area contributed by atoms with E-state index in [4.69, 9.17) is 31.3 Å². The minimum atomic E-state index is 0.563. The number of hydrogen-bond acceptors (Lipinski definition) is 4. The molecule has 0 aliphatic heterocycles. The topological polar surface area (TPSA) is 52.8 Å². The Morgan fingerprint density at radius 1 is 0.897 bits per heavy atom. The van der Waals surface area contributed by atoms with E-state index in [0.717, 1.165) is 32.5 Å². The van der Waals surface area contributed by atoms with E-state index in [2.05, 4.69) is 15.9 Å². The van der Waals surface area contributed by atoms with Crippen molar-refractivity contribution in [2.75, 3.05) is 7.11 Å². The first-order valence-corrected chi connectivity index (χ1v) is 10.1. The number of aromatic nitrogens is 4. The summed E-state index contributed by atoms with van der Waals surface area (Å²) in [6.07, 6.45) is 0. The van der Waals surface area contributed by atoms with E-state index >= 15 is 0 Å². The normalized spacial score (nSPS) is 11.3. The Labute approximate surface area is 180 Å². The smallest absolute Gasteiger partial charge is 0.199 e. The third kappa shape index (κ3) is 3.14. The molecule has 0 spiro atoms. The Balaban J connectivity index is 1.85. The van der Waals surface area contributed by atoms with E-state index in [0.29, 0.717) is 22.1 Å². The van der Waals surface area contributed by atoms with Gasteiger partial charge in [0, 0.05) is 10.0 Å². The van der Waals surface area contributed by atoms with Crippen molar-refractivity contribution in [1.29, 1.82) is 0 Å². The quantitative estimate of drug-likeness (QED) is 0.325. The molecule has 142 valence electrons. The number of nitrogens with zero attached hydrogens (tertiary/aromatic N) is 4. The summed E-state index contributed by atoms with van der Waals surface area (Å²) in [6.45, 7) is 0. The molecule has 0 unspecified atom stereocenters. The highest BCUT2D eigenvalue weighted by Gasteiger charge is 2.19. The van der Waals surface area contributed by atoms with Crippen LogP contribution in [-0.4, -0.2) is 26.6 Å². The highest BCUT2D eigenvalue weighted by atomic mass is 79.9. The summed E-state index contributed by atoms with van der Waals surface area (Å²) in [7, 11) is 1.64. The van der Waals surface area contributed by atoms with Crippen LogP contribution in [0.1, 0.15) is 0 Å². The van der Waals surface area contributed by atoms with Crippen LogP contribution in [0.5, 0.6) is 5.75 Å². The summed E-state index contributed by atoms with van der Waals surface area (Å²) >= 11 is 10.1. The SMILES string of the molecule is COc1ccc(-c2nc3nc4ccccc4nc3n2-c2ccc(Br)cc2Cl)cc1. The number of methoxy groups -OCH3 is 1. The van der Waals surface area contributed by atoms with E-state index in [9.17, 15) is 0 Å². The van der Waals surface area contributed by atoms with Gasteiger partial charge in [-0.05, 0) is 54.6 Å². The Morgan fingerprint density at radius 2 is 1.62 bits per heavy atom.